The van der Waals surface area contributed by atoms with Gasteiger partial charge in [0.2, 0.25) is 11.8 Å². The molecule has 0 spiro atoms. The molecule has 0 radical (unpaired) electrons. The Morgan fingerprint density at radius 1 is 0.867 bits per heavy atom. The summed E-state index contributed by atoms with van der Waals surface area (Å²) in [6.45, 7) is 0.132. The molecule has 0 fully saturated rings. The first kappa shape index (κ1) is 23.1. The zero-order valence-corrected chi connectivity index (χ0v) is 17.5. The lowest BCUT2D eigenvalue weighted by molar-refractivity contribution is -0.126. The minimum absolute atomic E-state index is 0.0222. The molecule has 30 heavy (non-hydrogen) atoms. The van der Waals surface area contributed by atoms with Gasteiger partial charge in [-0.2, -0.15) is 0 Å². The van der Waals surface area contributed by atoms with Crippen LogP contribution in [0.15, 0.2) is 54.6 Å². The average Bonchev–Trinajstić information content (AvgIpc) is 2.75. The fraction of sp³-hybridized carbons (Fsp3) is 0.200. The second-order valence-corrected chi connectivity index (χ2v) is 6.90. The molecule has 0 bridgehead atoms. The smallest absolute Gasteiger partial charge is 0.264 e. The van der Waals surface area contributed by atoms with Gasteiger partial charge in [-0.3, -0.25) is 30.6 Å². The summed E-state index contributed by atoms with van der Waals surface area (Å²) in [6.07, 6.45) is -0.0156. The second kappa shape index (κ2) is 12.4. The Bertz CT molecular complexity index is 878. The molecular formula is C20H21ClN4O4S. The van der Waals surface area contributed by atoms with Crippen LogP contribution in [0, 0.1) is 0 Å². The van der Waals surface area contributed by atoms with Gasteiger partial charge in [0.05, 0.1) is 0 Å². The number of carbonyl (C=O) groups is 3. The summed E-state index contributed by atoms with van der Waals surface area (Å²) >= 11 is 10.7. The van der Waals surface area contributed by atoms with Gasteiger partial charge < -0.3 is 10.1 Å². The van der Waals surface area contributed by atoms with Crippen LogP contribution in [-0.2, 0) is 20.9 Å². The molecule has 2 aromatic carbocycles. The van der Waals surface area contributed by atoms with E-state index in [1.54, 1.807) is 24.3 Å². The highest BCUT2D eigenvalue weighted by atomic mass is 35.5. The van der Waals surface area contributed by atoms with Crippen molar-refractivity contribution in [3.63, 3.8) is 0 Å². The Kier molecular flexibility index (Phi) is 9.56. The average molecular weight is 449 g/mol. The van der Waals surface area contributed by atoms with E-state index in [0.29, 0.717) is 17.3 Å². The number of hydrazine groups is 1. The Morgan fingerprint density at radius 2 is 1.53 bits per heavy atom. The molecule has 0 saturated carbocycles. The first-order valence-corrected chi connectivity index (χ1v) is 9.78. The van der Waals surface area contributed by atoms with Crippen molar-refractivity contribution in [2.75, 3.05) is 6.61 Å². The van der Waals surface area contributed by atoms with E-state index in [1.165, 1.54) is 0 Å². The van der Waals surface area contributed by atoms with Crippen molar-refractivity contribution >= 4 is 46.7 Å². The highest BCUT2D eigenvalue weighted by Crippen LogP contribution is 2.15. The van der Waals surface area contributed by atoms with Crippen LogP contribution >= 0.6 is 23.8 Å². The number of halogens is 1. The number of ether oxygens (including phenoxy) is 1. The summed E-state index contributed by atoms with van der Waals surface area (Å²) in [5, 5.41) is 5.55. The predicted octanol–water partition coefficient (Wildman–Crippen LogP) is 1.84. The summed E-state index contributed by atoms with van der Waals surface area (Å²) in [5.74, 6) is -0.715. The van der Waals surface area contributed by atoms with Crippen molar-refractivity contribution in [1.29, 1.82) is 0 Å². The van der Waals surface area contributed by atoms with E-state index in [1.807, 2.05) is 30.3 Å². The van der Waals surface area contributed by atoms with Gasteiger partial charge in [0, 0.05) is 24.4 Å². The van der Waals surface area contributed by atoms with E-state index in [-0.39, 0.29) is 30.5 Å². The molecule has 2 aromatic rings. The first-order valence-electron chi connectivity index (χ1n) is 9.00. The van der Waals surface area contributed by atoms with Crippen LogP contribution in [0.25, 0.3) is 0 Å². The Morgan fingerprint density at radius 3 is 2.23 bits per heavy atom. The van der Waals surface area contributed by atoms with Crippen LogP contribution < -0.4 is 26.2 Å². The fourth-order valence-electron chi connectivity index (χ4n) is 2.17. The topological polar surface area (TPSA) is 109 Å². The molecule has 0 aliphatic heterocycles. The van der Waals surface area contributed by atoms with Crippen LogP contribution in [0.3, 0.4) is 0 Å². The van der Waals surface area contributed by atoms with Crippen molar-refractivity contribution in [3.8, 4) is 5.75 Å². The predicted molar refractivity (Wildman–Crippen MR) is 116 cm³/mol. The molecular weight excluding hydrogens is 428 g/mol. The maximum atomic E-state index is 11.8. The lowest BCUT2D eigenvalue weighted by Gasteiger charge is -2.11. The molecule has 0 aliphatic rings. The number of carbonyl (C=O) groups excluding carboxylic acids is 3. The van der Waals surface area contributed by atoms with Crippen LogP contribution in [0.2, 0.25) is 5.02 Å². The number of rotatable bonds is 8. The minimum Gasteiger partial charge on any atom is -0.484 e. The van der Waals surface area contributed by atoms with E-state index in [0.717, 1.165) is 5.56 Å². The zero-order chi connectivity index (χ0) is 21.8. The minimum atomic E-state index is -0.503. The normalized spacial score (nSPS) is 9.90. The number of amides is 3. The number of benzene rings is 2. The highest BCUT2D eigenvalue weighted by Gasteiger charge is 2.09. The van der Waals surface area contributed by atoms with Crippen molar-refractivity contribution in [2.24, 2.45) is 0 Å². The molecule has 3 amide bonds. The van der Waals surface area contributed by atoms with E-state index in [4.69, 9.17) is 28.6 Å². The van der Waals surface area contributed by atoms with Gasteiger partial charge in [0.15, 0.2) is 11.7 Å². The van der Waals surface area contributed by atoms with Gasteiger partial charge in [0.1, 0.15) is 5.75 Å². The largest absolute Gasteiger partial charge is 0.484 e. The van der Waals surface area contributed by atoms with Gasteiger partial charge in [0.25, 0.3) is 5.91 Å². The fourth-order valence-corrected chi connectivity index (χ4v) is 2.47. The van der Waals surface area contributed by atoms with Crippen LogP contribution in [0.1, 0.15) is 18.4 Å². The highest BCUT2D eigenvalue weighted by molar-refractivity contribution is 7.80. The van der Waals surface area contributed by atoms with Gasteiger partial charge in [-0.1, -0.05) is 41.9 Å². The third-order valence-electron chi connectivity index (χ3n) is 3.66. The van der Waals surface area contributed by atoms with E-state index >= 15 is 0 Å². The quantitative estimate of drug-likeness (QED) is 0.362. The van der Waals surface area contributed by atoms with Gasteiger partial charge in [-0.25, -0.2) is 0 Å². The van der Waals surface area contributed by atoms with Gasteiger partial charge in [-0.15, -0.1) is 0 Å². The lowest BCUT2D eigenvalue weighted by atomic mass is 10.2. The molecule has 158 valence electrons. The number of hydrogen-bond donors (Lipinski definition) is 4. The van der Waals surface area contributed by atoms with Crippen molar-refractivity contribution < 1.29 is 19.1 Å². The van der Waals surface area contributed by atoms with Crippen molar-refractivity contribution in [3.05, 3.63) is 65.2 Å². The summed E-state index contributed by atoms with van der Waals surface area (Å²) in [7, 11) is 0. The molecule has 0 heterocycles. The van der Waals surface area contributed by atoms with Crippen molar-refractivity contribution in [2.45, 2.75) is 19.4 Å². The molecule has 2 rings (SSSR count). The Balaban J connectivity index is 1.57. The summed E-state index contributed by atoms with van der Waals surface area (Å²) in [6, 6.07) is 16.0. The Labute approximate surface area is 184 Å². The number of hydrogen-bond acceptors (Lipinski definition) is 5. The Hall–Kier alpha value is -3.17. The van der Waals surface area contributed by atoms with Crippen LogP contribution in [0.4, 0.5) is 0 Å². The summed E-state index contributed by atoms with van der Waals surface area (Å²) in [5.41, 5.74) is 5.68. The molecule has 8 nitrogen and oxygen atoms in total. The SMILES string of the molecule is O=C(CCC(=O)NNC(=S)NC(=O)COc1ccc(Cl)cc1)NCc1ccccc1. The van der Waals surface area contributed by atoms with E-state index < -0.39 is 11.8 Å². The van der Waals surface area contributed by atoms with E-state index in [2.05, 4.69) is 21.5 Å². The van der Waals surface area contributed by atoms with Gasteiger partial charge >= 0.3 is 0 Å². The number of nitrogens with one attached hydrogen (secondary N) is 4. The summed E-state index contributed by atoms with van der Waals surface area (Å²) in [4.78, 5) is 35.4. The number of thiocarbonyl (C=S) groups is 1. The molecule has 0 unspecified atom stereocenters. The third kappa shape index (κ3) is 9.35. The monoisotopic (exact) mass is 448 g/mol. The second-order valence-electron chi connectivity index (χ2n) is 6.06. The maximum absolute atomic E-state index is 11.8. The molecule has 10 heteroatoms. The third-order valence-corrected chi connectivity index (χ3v) is 4.12. The first-order chi connectivity index (χ1) is 14.4. The standard InChI is InChI=1S/C20H21ClN4O4S/c21-15-6-8-16(9-7-15)29-13-19(28)23-20(30)25-24-18(27)11-10-17(26)22-12-14-4-2-1-3-5-14/h1-9H,10-13H2,(H,22,26)(H,24,27)(H2,23,25,28,30). The molecule has 0 saturated heterocycles. The molecule has 0 aliphatic carbocycles. The zero-order valence-electron chi connectivity index (χ0n) is 15.9. The van der Waals surface area contributed by atoms with Crippen molar-refractivity contribution in [1.82, 2.24) is 21.5 Å². The van der Waals surface area contributed by atoms with E-state index in [9.17, 15) is 14.4 Å². The molecule has 4 N–H and O–H groups in total. The molecule has 0 aromatic heterocycles. The van der Waals surface area contributed by atoms with Crippen LogP contribution in [-0.4, -0.2) is 29.4 Å². The lowest BCUT2D eigenvalue weighted by Crippen LogP contribution is -2.49. The van der Waals surface area contributed by atoms with Crippen LogP contribution in [0.5, 0.6) is 5.75 Å². The summed E-state index contributed by atoms with van der Waals surface area (Å²) < 4.78 is 5.28. The molecule has 0 atom stereocenters. The maximum Gasteiger partial charge on any atom is 0.264 e. The van der Waals surface area contributed by atoms with Gasteiger partial charge in [-0.05, 0) is 42.0 Å².